The zero-order valence-electron chi connectivity index (χ0n) is 23.1. The summed E-state index contributed by atoms with van der Waals surface area (Å²) in [6, 6.07) is 12.8. The minimum Gasteiger partial charge on any atom is -0.492 e. The molecule has 0 unspecified atom stereocenters. The van der Waals surface area contributed by atoms with Crippen molar-refractivity contribution in [2.75, 3.05) is 30.8 Å². The molecule has 0 atom stereocenters. The third-order valence-electron chi connectivity index (χ3n) is 8.04. The molecule has 11 nitrogen and oxygen atoms in total. The van der Waals surface area contributed by atoms with Gasteiger partial charge in [-0.3, -0.25) is 9.59 Å². The maximum Gasteiger partial charge on any atom is 0.270 e. The van der Waals surface area contributed by atoms with Crippen molar-refractivity contribution in [1.29, 1.82) is 0 Å². The van der Waals surface area contributed by atoms with Crippen LogP contribution in [0.2, 0.25) is 0 Å². The fourth-order valence-corrected chi connectivity index (χ4v) is 6.09. The molecule has 42 heavy (non-hydrogen) atoms. The number of carbonyl (C=O) groups excluding carboxylic acids is 2. The average Bonchev–Trinajstić information content (AvgIpc) is 3.58. The third kappa shape index (κ3) is 4.73. The second-order valence-corrected chi connectivity index (χ2v) is 12.6. The standard InChI is InChI=1S/C29H29FN6O5S/c1-3-42(39,40)34-27(37)19-16-32-36-25(19)31-15-20(26(36)33-22-9-6-7-18(2)24(22)30)28(38)35-13-11-29(12-14-35)17-41-23-10-5-4-8-21(23)29/h4-10,15-16,33H,3,11-14,17H2,1-2H3,(H,34,37). The second kappa shape index (κ2) is 10.4. The predicted molar refractivity (Wildman–Crippen MR) is 153 cm³/mol. The molecule has 2 N–H and O–H groups in total. The molecule has 2 aliphatic rings. The topological polar surface area (TPSA) is 135 Å². The van der Waals surface area contributed by atoms with E-state index in [0.717, 1.165) is 17.5 Å². The van der Waals surface area contributed by atoms with Gasteiger partial charge in [-0.05, 0) is 44.4 Å². The van der Waals surface area contributed by atoms with Crippen LogP contribution in [0.5, 0.6) is 5.75 Å². The van der Waals surface area contributed by atoms with E-state index in [1.165, 1.54) is 23.7 Å². The van der Waals surface area contributed by atoms with E-state index in [9.17, 15) is 18.0 Å². The van der Waals surface area contributed by atoms with Gasteiger partial charge in [-0.1, -0.05) is 30.3 Å². The van der Waals surface area contributed by atoms with E-state index in [4.69, 9.17) is 4.74 Å². The van der Waals surface area contributed by atoms with Crippen LogP contribution in [-0.4, -0.2) is 65.2 Å². The van der Waals surface area contributed by atoms with Crippen LogP contribution in [0.1, 0.15) is 51.6 Å². The van der Waals surface area contributed by atoms with Crippen molar-refractivity contribution in [3.8, 4) is 5.75 Å². The van der Waals surface area contributed by atoms with Crippen LogP contribution in [0, 0.1) is 12.7 Å². The maximum absolute atomic E-state index is 15.1. The molecule has 2 aliphatic heterocycles. The summed E-state index contributed by atoms with van der Waals surface area (Å²) >= 11 is 0. The van der Waals surface area contributed by atoms with Crippen LogP contribution in [0.4, 0.5) is 15.9 Å². The molecule has 0 radical (unpaired) electrons. The predicted octanol–water partition coefficient (Wildman–Crippen LogP) is 3.57. The number of hydrogen-bond acceptors (Lipinski definition) is 8. The summed E-state index contributed by atoms with van der Waals surface area (Å²) in [7, 11) is -3.85. The fraction of sp³-hybridized carbons (Fsp3) is 0.310. The molecular weight excluding hydrogens is 563 g/mol. The van der Waals surface area contributed by atoms with Crippen LogP contribution in [-0.2, 0) is 15.4 Å². The average molecular weight is 593 g/mol. The second-order valence-electron chi connectivity index (χ2n) is 10.6. The van der Waals surface area contributed by atoms with E-state index in [0.29, 0.717) is 38.1 Å². The molecular formula is C29H29FN6O5S. The number of ether oxygens (including phenoxy) is 1. The smallest absolute Gasteiger partial charge is 0.270 e. The SMILES string of the molecule is CCS(=O)(=O)NC(=O)c1cnn2c(Nc3cccc(C)c3F)c(C(=O)N3CCC4(CC3)COc3ccccc34)cnc12. The molecule has 218 valence electrons. The number of rotatable bonds is 6. The Kier molecular flexibility index (Phi) is 6.84. The number of hydrogen-bond donors (Lipinski definition) is 2. The Morgan fingerprint density at radius 3 is 2.60 bits per heavy atom. The van der Waals surface area contributed by atoms with Crippen LogP contribution >= 0.6 is 0 Å². The lowest BCUT2D eigenvalue weighted by molar-refractivity contribution is 0.0646. The number of sulfonamides is 1. The van der Waals surface area contributed by atoms with Crippen molar-refractivity contribution < 1.29 is 27.1 Å². The highest BCUT2D eigenvalue weighted by molar-refractivity contribution is 7.90. The Balaban J connectivity index is 1.35. The molecule has 13 heteroatoms. The molecule has 2 aromatic carbocycles. The van der Waals surface area contributed by atoms with Gasteiger partial charge in [0.25, 0.3) is 11.8 Å². The number of benzene rings is 2. The van der Waals surface area contributed by atoms with E-state index in [1.54, 1.807) is 24.0 Å². The largest absolute Gasteiger partial charge is 0.492 e. The van der Waals surface area contributed by atoms with Gasteiger partial charge in [0, 0.05) is 30.3 Å². The lowest BCUT2D eigenvalue weighted by Crippen LogP contribution is -2.46. The lowest BCUT2D eigenvalue weighted by Gasteiger charge is -2.38. The summed E-state index contributed by atoms with van der Waals surface area (Å²) in [4.78, 5) is 32.8. The maximum atomic E-state index is 15.1. The molecule has 6 rings (SSSR count). The summed E-state index contributed by atoms with van der Waals surface area (Å²) in [5, 5.41) is 7.23. The summed E-state index contributed by atoms with van der Waals surface area (Å²) in [6.07, 6.45) is 3.88. The number of likely N-dealkylation sites (tertiary alicyclic amines) is 1. The quantitative estimate of drug-likeness (QED) is 0.347. The molecule has 4 aromatic rings. The van der Waals surface area contributed by atoms with Gasteiger partial charge in [-0.25, -0.2) is 22.5 Å². The van der Waals surface area contributed by atoms with Crippen molar-refractivity contribution in [3.63, 3.8) is 0 Å². The van der Waals surface area contributed by atoms with Gasteiger partial charge in [0.1, 0.15) is 28.5 Å². The van der Waals surface area contributed by atoms with Crippen LogP contribution in [0.15, 0.2) is 54.9 Å². The summed E-state index contributed by atoms with van der Waals surface area (Å²) in [5.74, 6) is -1.08. The van der Waals surface area contributed by atoms with Crippen molar-refractivity contribution in [2.24, 2.45) is 0 Å². The number of halogens is 1. The summed E-state index contributed by atoms with van der Waals surface area (Å²) in [6.45, 7) is 4.52. The van der Waals surface area contributed by atoms with Crippen LogP contribution in [0.25, 0.3) is 5.65 Å². The van der Waals surface area contributed by atoms with Gasteiger partial charge < -0.3 is 15.0 Å². The van der Waals surface area contributed by atoms with Gasteiger partial charge in [0.15, 0.2) is 5.65 Å². The molecule has 2 amide bonds. The van der Waals surface area contributed by atoms with Gasteiger partial charge in [-0.15, -0.1) is 0 Å². The Morgan fingerprint density at radius 1 is 1.07 bits per heavy atom. The number of aromatic nitrogens is 3. The number of para-hydroxylation sites is 1. The first-order chi connectivity index (χ1) is 20.1. The van der Waals surface area contributed by atoms with Gasteiger partial charge in [-0.2, -0.15) is 9.61 Å². The van der Waals surface area contributed by atoms with E-state index >= 15 is 4.39 Å². The molecule has 1 spiro atoms. The molecule has 0 aliphatic carbocycles. The van der Waals surface area contributed by atoms with Crippen molar-refractivity contribution in [1.82, 2.24) is 24.2 Å². The fourth-order valence-electron chi connectivity index (χ4n) is 5.55. The zero-order valence-corrected chi connectivity index (χ0v) is 23.9. The van der Waals surface area contributed by atoms with Crippen molar-refractivity contribution >= 4 is 39.0 Å². The minimum absolute atomic E-state index is 0.00298. The van der Waals surface area contributed by atoms with E-state index in [1.807, 2.05) is 22.9 Å². The van der Waals surface area contributed by atoms with E-state index < -0.39 is 21.7 Å². The lowest BCUT2D eigenvalue weighted by atomic mass is 9.74. The number of nitrogens with one attached hydrogen (secondary N) is 2. The van der Waals surface area contributed by atoms with E-state index in [2.05, 4.69) is 21.5 Å². The number of aryl methyl sites for hydroxylation is 1. The monoisotopic (exact) mass is 592 g/mol. The Morgan fingerprint density at radius 2 is 1.83 bits per heavy atom. The first-order valence-corrected chi connectivity index (χ1v) is 15.2. The van der Waals surface area contributed by atoms with Gasteiger partial charge >= 0.3 is 0 Å². The number of fused-ring (bicyclic) bond motifs is 3. The molecule has 1 fully saturated rings. The van der Waals surface area contributed by atoms with E-state index in [-0.39, 0.29) is 45.4 Å². The van der Waals surface area contributed by atoms with Crippen LogP contribution < -0.4 is 14.8 Å². The number of carbonyl (C=O) groups is 2. The zero-order chi connectivity index (χ0) is 29.6. The summed E-state index contributed by atoms with van der Waals surface area (Å²) in [5.41, 5.74) is 1.50. The molecule has 4 heterocycles. The van der Waals surface area contributed by atoms with Crippen molar-refractivity contribution in [2.45, 2.75) is 32.1 Å². The number of nitrogens with zero attached hydrogens (tertiary/aromatic N) is 4. The number of amides is 2. The molecule has 1 saturated heterocycles. The highest BCUT2D eigenvalue weighted by Crippen LogP contribution is 2.45. The normalized spacial score (nSPS) is 15.8. The van der Waals surface area contributed by atoms with Crippen LogP contribution in [0.3, 0.4) is 0 Å². The third-order valence-corrected chi connectivity index (χ3v) is 9.30. The molecule has 0 saturated carbocycles. The minimum atomic E-state index is -3.85. The highest BCUT2D eigenvalue weighted by Gasteiger charge is 2.44. The first kappa shape index (κ1) is 27.6. The molecule has 2 aromatic heterocycles. The van der Waals surface area contributed by atoms with Gasteiger partial charge in [0.05, 0.1) is 24.2 Å². The Hall–Kier alpha value is -4.52. The first-order valence-electron chi connectivity index (χ1n) is 13.6. The Labute approximate surface area is 241 Å². The molecule has 0 bridgehead atoms. The van der Waals surface area contributed by atoms with Crippen molar-refractivity contribution in [3.05, 3.63) is 82.9 Å². The summed E-state index contributed by atoms with van der Waals surface area (Å²) < 4.78 is 48.2. The Bertz CT molecular complexity index is 1830. The number of anilines is 2. The highest BCUT2D eigenvalue weighted by atomic mass is 32.2. The number of piperidine rings is 1. The van der Waals surface area contributed by atoms with Gasteiger partial charge in [0.2, 0.25) is 10.0 Å².